The molecule has 0 spiro atoms. The van der Waals surface area contributed by atoms with E-state index >= 15 is 0 Å². The molecule has 0 bridgehead atoms. The van der Waals surface area contributed by atoms with Crippen LogP contribution in [0.5, 0.6) is 5.75 Å². The summed E-state index contributed by atoms with van der Waals surface area (Å²) in [6.45, 7) is 4.26. The molecule has 0 aliphatic carbocycles. The van der Waals surface area contributed by atoms with Crippen molar-refractivity contribution in [2.45, 2.75) is 32.2 Å². The summed E-state index contributed by atoms with van der Waals surface area (Å²) in [6, 6.07) is 21.0. The van der Waals surface area contributed by atoms with Crippen LogP contribution in [0.3, 0.4) is 0 Å². The number of aromatic amines is 1. The Morgan fingerprint density at radius 1 is 1.06 bits per heavy atom. The number of aromatic nitrogens is 1. The zero-order valence-electron chi connectivity index (χ0n) is 19.8. The van der Waals surface area contributed by atoms with Gasteiger partial charge in [-0.15, -0.1) is 0 Å². The van der Waals surface area contributed by atoms with Gasteiger partial charge in [-0.3, -0.25) is 0 Å². The Balaban J connectivity index is 0.000000202. The monoisotopic (exact) mass is 460 g/mol. The molecule has 6 nitrogen and oxygen atoms in total. The van der Waals surface area contributed by atoms with Crippen molar-refractivity contribution in [3.8, 4) is 16.9 Å². The third kappa shape index (κ3) is 6.04. The first-order valence-corrected chi connectivity index (χ1v) is 11.3. The third-order valence-corrected chi connectivity index (χ3v) is 5.71. The van der Waals surface area contributed by atoms with Gasteiger partial charge in [0.2, 0.25) is 0 Å². The lowest BCUT2D eigenvalue weighted by Gasteiger charge is -2.11. The molecule has 5 N–H and O–H groups in total. The minimum atomic E-state index is -0.950. The van der Waals surface area contributed by atoms with Crippen LogP contribution >= 0.6 is 0 Å². The summed E-state index contributed by atoms with van der Waals surface area (Å²) in [5.74, 6) is 0.00138. The maximum absolute atomic E-state index is 11.4. The fourth-order valence-corrected chi connectivity index (χ4v) is 3.79. The van der Waals surface area contributed by atoms with Gasteiger partial charge in [-0.05, 0) is 58.9 Å². The highest BCUT2D eigenvalue weighted by atomic mass is 16.5. The van der Waals surface area contributed by atoms with Gasteiger partial charge in [-0.2, -0.15) is 0 Å². The second-order valence-corrected chi connectivity index (χ2v) is 8.50. The van der Waals surface area contributed by atoms with E-state index in [0.717, 1.165) is 11.1 Å². The van der Waals surface area contributed by atoms with Crippen LogP contribution in [0.1, 0.15) is 41.3 Å². The predicted octanol–water partition coefficient (Wildman–Crippen LogP) is 5.21. The number of aliphatic hydroxyl groups excluding tert-OH is 1. The van der Waals surface area contributed by atoms with Crippen LogP contribution in [0.15, 0.2) is 72.9 Å². The number of hydrogen-bond donors (Lipinski definition) is 4. The van der Waals surface area contributed by atoms with Crippen LogP contribution in [-0.2, 0) is 6.42 Å². The number of hydrogen-bond acceptors (Lipinski definition) is 4. The number of carboxylic acids is 1. The number of carboxylic acid groups (broad SMARTS) is 1. The maximum Gasteiger partial charge on any atom is 0.336 e. The molecule has 6 heteroatoms. The molecule has 4 rings (SSSR count). The molecule has 0 amide bonds. The van der Waals surface area contributed by atoms with Gasteiger partial charge in [0.1, 0.15) is 5.75 Å². The molecule has 1 heterocycles. The first-order chi connectivity index (χ1) is 16.3. The van der Waals surface area contributed by atoms with E-state index in [1.54, 1.807) is 18.2 Å². The van der Waals surface area contributed by atoms with E-state index in [1.807, 2.05) is 42.6 Å². The standard InChI is InChI=1S/C17H18O3.C11H14N2O/c1-11(2)12-5-4-6-13(9-12)15-8-7-14(20-3)10-16(15)17(18)19;12-9(7-14)5-8-6-13-11-4-2-1-3-10(8)11/h4-11H,1-3H3,(H,18,19);1-4,6,9,13-14H,5,7,12H2/t;9-/m.1/s1. The highest BCUT2D eigenvalue weighted by molar-refractivity contribution is 5.96. The summed E-state index contributed by atoms with van der Waals surface area (Å²) in [6.07, 6.45) is 2.67. The lowest BCUT2D eigenvalue weighted by Crippen LogP contribution is -2.26. The van der Waals surface area contributed by atoms with E-state index < -0.39 is 5.97 Å². The molecule has 0 saturated carbocycles. The molecule has 178 valence electrons. The second-order valence-electron chi connectivity index (χ2n) is 8.50. The number of nitrogens with one attached hydrogen (secondary N) is 1. The topological polar surface area (TPSA) is 109 Å². The van der Waals surface area contributed by atoms with Gasteiger partial charge < -0.3 is 25.7 Å². The number of para-hydroxylation sites is 1. The summed E-state index contributed by atoms with van der Waals surface area (Å²) < 4.78 is 5.09. The molecule has 1 aromatic heterocycles. The number of carbonyl (C=O) groups is 1. The number of aromatic carboxylic acids is 1. The minimum Gasteiger partial charge on any atom is -0.497 e. The molecule has 0 aliphatic rings. The Hall–Kier alpha value is -3.61. The molecular formula is C28H32N2O4. The quantitative estimate of drug-likeness (QED) is 0.303. The van der Waals surface area contributed by atoms with Crippen molar-refractivity contribution in [1.82, 2.24) is 4.98 Å². The molecule has 0 aliphatic heterocycles. The molecule has 0 radical (unpaired) electrons. The molecule has 0 saturated heterocycles. The van der Waals surface area contributed by atoms with Gasteiger partial charge in [0.05, 0.1) is 19.3 Å². The van der Waals surface area contributed by atoms with Crippen molar-refractivity contribution < 1.29 is 19.7 Å². The van der Waals surface area contributed by atoms with Gasteiger partial charge >= 0.3 is 5.97 Å². The highest BCUT2D eigenvalue weighted by Crippen LogP contribution is 2.29. The summed E-state index contributed by atoms with van der Waals surface area (Å²) in [5.41, 5.74) is 11.0. The summed E-state index contributed by atoms with van der Waals surface area (Å²) in [5, 5.41) is 19.4. The van der Waals surface area contributed by atoms with E-state index in [0.29, 0.717) is 23.7 Å². The molecular weight excluding hydrogens is 428 g/mol. The number of fused-ring (bicyclic) bond motifs is 1. The molecule has 3 aromatic carbocycles. The predicted molar refractivity (Wildman–Crippen MR) is 137 cm³/mol. The van der Waals surface area contributed by atoms with Gasteiger partial charge in [0.15, 0.2) is 0 Å². The Kier molecular flexibility index (Phi) is 8.46. The van der Waals surface area contributed by atoms with Crippen molar-refractivity contribution >= 4 is 16.9 Å². The van der Waals surface area contributed by atoms with Crippen LogP contribution in [-0.4, -0.2) is 40.9 Å². The fraction of sp³-hybridized carbons (Fsp3) is 0.250. The van der Waals surface area contributed by atoms with Crippen molar-refractivity contribution in [3.05, 3.63) is 89.6 Å². The normalized spacial score (nSPS) is 11.7. The fourth-order valence-electron chi connectivity index (χ4n) is 3.79. The smallest absolute Gasteiger partial charge is 0.336 e. The largest absolute Gasteiger partial charge is 0.497 e. The number of aliphatic hydroxyl groups is 1. The average Bonchev–Trinajstić information content (AvgIpc) is 3.26. The number of ether oxygens (including phenoxy) is 1. The van der Waals surface area contributed by atoms with Crippen LogP contribution in [0.4, 0.5) is 0 Å². The lowest BCUT2D eigenvalue weighted by molar-refractivity contribution is 0.0697. The molecule has 1 atom stereocenters. The second kappa shape index (κ2) is 11.5. The van der Waals surface area contributed by atoms with Crippen LogP contribution in [0.25, 0.3) is 22.0 Å². The van der Waals surface area contributed by atoms with Crippen LogP contribution in [0, 0.1) is 0 Å². The van der Waals surface area contributed by atoms with Gasteiger partial charge in [-0.25, -0.2) is 4.79 Å². The highest BCUT2D eigenvalue weighted by Gasteiger charge is 2.14. The zero-order valence-corrected chi connectivity index (χ0v) is 19.8. The molecule has 0 unspecified atom stereocenters. The third-order valence-electron chi connectivity index (χ3n) is 5.71. The zero-order chi connectivity index (χ0) is 24.7. The minimum absolute atomic E-state index is 0.0273. The van der Waals surface area contributed by atoms with Crippen molar-refractivity contribution in [2.75, 3.05) is 13.7 Å². The average molecular weight is 461 g/mol. The van der Waals surface area contributed by atoms with Crippen LogP contribution in [0.2, 0.25) is 0 Å². The van der Waals surface area contributed by atoms with Gasteiger partial charge in [0, 0.05) is 23.1 Å². The summed E-state index contributed by atoms with van der Waals surface area (Å²) in [4.78, 5) is 14.6. The Labute approximate surface area is 200 Å². The number of methoxy groups -OCH3 is 1. The van der Waals surface area contributed by atoms with Crippen molar-refractivity contribution in [2.24, 2.45) is 5.73 Å². The van der Waals surface area contributed by atoms with E-state index in [-0.39, 0.29) is 18.2 Å². The number of rotatable bonds is 7. The first kappa shape index (κ1) is 25.0. The van der Waals surface area contributed by atoms with Crippen molar-refractivity contribution in [1.29, 1.82) is 0 Å². The number of benzene rings is 3. The van der Waals surface area contributed by atoms with E-state index in [9.17, 15) is 9.90 Å². The molecule has 34 heavy (non-hydrogen) atoms. The number of H-pyrrole nitrogens is 1. The number of nitrogens with two attached hydrogens (primary N) is 1. The van der Waals surface area contributed by atoms with Crippen molar-refractivity contribution in [3.63, 3.8) is 0 Å². The molecule has 4 aromatic rings. The SMILES string of the molecule is COc1ccc(-c2cccc(C(C)C)c2)c(C(=O)O)c1.N[C@@H](CO)Cc1c[nH]c2ccccc12. The lowest BCUT2D eigenvalue weighted by atomic mass is 9.94. The summed E-state index contributed by atoms with van der Waals surface area (Å²) in [7, 11) is 1.53. The van der Waals surface area contributed by atoms with E-state index in [1.165, 1.54) is 23.6 Å². The van der Waals surface area contributed by atoms with Gasteiger partial charge in [-0.1, -0.05) is 56.3 Å². The maximum atomic E-state index is 11.4. The Morgan fingerprint density at radius 3 is 2.50 bits per heavy atom. The summed E-state index contributed by atoms with van der Waals surface area (Å²) >= 11 is 0. The van der Waals surface area contributed by atoms with E-state index in [4.69, 9.17) is 15.6 Å². The molecule has 0 fully saturated rings. The first-order valence-electron chi connectivity index (χ1n) is 11.3. The van der Waals surface area contributed by atoms with E-state index in [2.05, 4.69) is 31.0 Å². The Morgan fingerprint density at radius 2 is 1.82 bits per heavy atom. The van der Waals surface area contributed by atoms with Crippen LogP contribution < -0.4 is 10.5 Å². The Bertz CT molecular complexity index is 1250. The van der Waals surface area contributed by atoms with Gasteiger partial charge in [0.25, 0.3) is 0 Å².